The van der Waals surface area contributed by atoms with Crippen LogP contribution < -0.4 is 0 Å². The Labute approximate surface area is 80.7 Å². The Hall–Kier alpha value is -1.10. The maximum absolute atomic E-state index is 11.1. The maximum atomic E-state index is 11.1. The van der Waals surface area contributed by atoms with E-state index in [1.165, 1.54) is 0 Å². The molecule has 0 amide bonds. The van der Waals surface area contributed by atoms with Crippen LogP contribution in [0.15, 0.2) is 0 Å². The highest BCUT2D eigenvalue weighted by Crippen LogP contribution is 2.49. The van der Waals surface area contributed by atoms with E-state index >= 15 is 0 Å². The van der Waals surface area contributed by atoms with Gasteiger partial charge in [-0.05, 0) is 19.3 Å². The van der Waals surface area contributed by atoms with Crippen LogP contribution in [-0.4, -0.2) is 34.4 Å². The molecule has 2 aliphatic heterocycles. The molecule has 2 bridgehead atoms. The van der Waals surface area contributed by atoms with Gasteiger partial charge in [0.1, 0.15) is 5.41 Å². The first kappa shape index (κ1) is 9.45. The summed E-state index contributed by atoms with van der Waals surface area (Å²) in [7, 11) is 0. The molecule has 5 heteroatoms. The van der Waals surface area contributed by atoms with Crippen molar-refractivity contribution in [3.05, 3.63) is 0 Å². The second-order valence-electron chi connectivity index (χ2n) is 4.06. The van der Waals surface area contributed by atoms with Gasteiger partial charge >= 0.3 is 11.9 Å². The lowest BCUT2D eigenvalue weighted by Crippen LogP contribution is -2.42. The highest BCUT2D eigenvalue weighted by atomic mass is 16.5. The summed E-state index contributed by atoms with van der Waals surface area (Å²) in [5.41, 5.74) is -1.17. The molecule has 78 valence electrons. The maximum Gasteiger partial charge on any atom is 0.312 e. The van der Waals surface area contributed by atoms with E-state index in [-0.39, 0.29) is 12.5 Å². The summed E-state index contributed by atoms with van der Waals surface area (Å²) < 4.78 is 5.41. The third-order valence-corrected chi connectivity index (χ3v) is 3.21. The van der Waals surface area contributed by atoms with Gasteiger partial charge in [0.2, 0.25) is 0 Å². The number of fused-ring (bicyclic) bond motifs is 2. The van der Waals surface area contributed by atoms with Crippen LogP contribution in [0, 0.1) is 5.41 Å². The molecule has 2 aliphatic rings. The van der Waals surface area contributed by atoms with Gasteiger partial charge in [0.05, 0.1) is 18.6 Å². The number of hydrogen-bond donors (Lipinski definition) is 2. The van der Waals surface area contributed by atoms with E-state index in [0.717, 1.165) is 6.42 Å². The van der Waals surface area contributed by atoms with Crippen molar-refractivity contribution in [2.75, 3.05) is 0 Å². The van der Waals surface area contributed by atoms with Crippen LogP contribution in [0.5, 0.6) is 0 Å². The van der Waals surface area contributed by atoms with Crippen LogP contribution in [0.1, 0.15) is 25.7 Å². The molecular formula is C9H12O5. The summed E-state index contributed by atoms with van der Waals surface area (Å²) >= 11 is 0. The Morgan fingerprint density at radius 1 is 1.36 bits per heavy atom. The first-order valence-electron chi connectivity index (χ1n) is 4.65. The Morgan fingerprint density at radius 2 is 2.07 bits per heavy atom. The number of hydrogen-bond acceptors (Lipinski definition) is 3. The number of carbonyl (C=O) groups is 2. The van der Waals surface area contributed by atoms with Gasteiger partial charge < -0.3 is 14.9 Å². The number of ether oxygens (including phenoxy) is 1. The van der Waals surface area contributed by atoms with Crippen LogP contribution in [0.4, 0.5) is 0 Å². The fraction of sp³-hybridized carbons (Fsp3) is 0.778. The van der Waals surface area contributed by atoms with Crippen molar-refractivity contribution in [2.45, 2.75) is 37.9 Å². The van der Waals surface area contributed by atoms with Crippen LogP contribution in [0.3, 0.4) is 0 Å². The van der Waals surface area contributed by atoms with Crippen molar-refractivity contribution >= 4 is 11.9 Å². The van der Waals surface area contributed by atoms with Crippen LogP contribution in [0.2, 0.25) is 0 Å². The number of carboxylic acids is 2. The summed E-state index contributed by atoms with van der Waals surface area (Å²) in [5, 5.41) is 17.8. The van der Waals surface area contributed by atoms with E-state index in [4.69, 9.17) is 14.9 Å². The summed E-state index contributed by atoms with van der Waals surface area (Å²) in [5.74, 6) is -2.10. The number of rotatable bonds is 3. The highest BCUT2D eigenvalue weighted by molar-refractivity contribution is 5.82. The number of aliphatic carboxylic acids is 2. The van der Waals surface area contributed by atoms with Crippen molar-refractivity contribution in [1.29, 1.82) is 0 Å². The van der Waals surface area contributed by atoms with Crippen molar-refractivity contribution in [1.82, 2.24) is 0 Å². The van der Waals surface area contributed by atoms with Crippen molar-refractivity contribution in [3.8, 4) is 0 Å². The minimum atomic E-state index is -1.17. The molecule has 2 fully saturated rings. The predicted octanol–water partition coefficient (Wildman–Crippen LogP) is 0.483. The molecule has 14 heavy (non-hydrogen) atoms. The fourth-order valence-electron chi connectivity index (χ4n) is 2.56. The second kappa shape index (κ2) is 2.95. The van der Waals surface area contributed by atoms with E-state index in [0.29, 0.717) is 12.8 Å². The minimum Gasteiger partial charge on any atom is -0.481 e. The molecule has 0 radical (unpaired) electrons. The monoisotopic (exact) mass is 200 g/mol. The standard InChI is InChI=1S/C9H12O5/c10-7(11)4-9(8(12)13)3-5-1-2-6(9)14-5/h5-6H,1-4H2,(H,10,11)(H,12,13). The Bertz CT molecular complexity index is 287. The van der Waals surface area contributed by atoms with E-state index < -0.39 is 23.5 Å². The molecular weight excluding hydrogens is 188 g/mol. The van der Waals surface area contributed by atoms with Gasteiger partial charge in [0.25, 0.3) is 0 Å². The lowest BCUT2D eigenvalue weighted by atomic mass is 9.72. The van der Waals surface area contributed by atoms with Gasteiger partial charge in [0, 0.05) is 0 Å². The predicted molar refractivity (Wildman–Crippen MR) is 44.8 cm³/mol. The Balaban J connectivity index is 2.24. The molecule has 2 N–H and O–H groups in total. The molecule has 2 heterocycles. The van der Waals surface area contributed by atoms with Crippen molar-refractivity contribution in [3.63, 3.8) is 0 Å². The molecule has 2 saturated heterocycles. The second-order valence-corrected chi connectivity index (χ2v) is 4.06. The van der Waals surface area contributed by atoms with Gasteiger partial charge in [-0.2, -0.15) is 0 Å². The summed E-state index contributed by atoms with van der Waals surface area (Å²) in [6, 6.07) is 0. The quantitative estimate of drug-likeness (QED) is 0.692. The SMILES string of the molecule is O=C(O)CC1(C(=O)O)CC2CCC1O2. The van der Waals surface area contributed by atoms with E-state index in [9.17, 15) is 9.59 Å². The third-order valence-electron chi connectivity index (χ3n) is 3.21. The van der Waals surface area contributed by atoms with Crippen molar-refractivity contribution < 1.29 is 24.5 Å². The summed E-state index contributed by atoms with van der Waals surface area (Å²) in [4.78, 5) is 21.7. The first-order chi connectivity index (χ1) is 6.54. The van der Waals surface area contributed by atoms with Gasteiger partial charge in [-0.3, -0.25) is 9.59 Å². The van der Waals surface area contributed by atoms with Crippen LogP contribution >= 0.6 is 0 Å². The first-order valence-corrected chi connectivity index (χ1v) is 4.65. The van der Waals surface area contributed by atoms with Gasteiger partial charge in [0.15, 0.2) is 0 Å². The molecule has 0 aromatic rings. The van der Waals surface area contributed by atoms with E-state index in [1.54, 1.807) is 0 Å². The van der Waals surface area contributed by atoms with Gasteiger partial charge in [-0.25, -0.2) is 0 Å². The topological polar surface area (TPSA) is 83.8 Å². The minimum absolute atomic E-state index is 0.0459. The smallest absolute Gasteiger partial charge is 0.312 e. The zero-order valence-electron chi connectivity index (χ0n) is 7.60. The summed E-state index contributed by atoms with van der Waals surface area (Å²) in [6.07, 6.45) is 1.10. The summed E-state index contributed by atoms with van der Waals surface area (Å²) in [6.45, 7) is 0. The van der Waals surface area contributed by atoms with Crippen LogP contribution in [-0.2, 0) is 14.3 Å². The molecule has 0 aromatic carbocycles. The molecule has 2 rings (SSSR count). The molecule has 0 aliphatic carbocycles. The molecule has 5 nitrogen and oxygen atoms in total. The van der Waals surface area contributed by atoms with Crippen molar-refractivity contribution in [2.24, 2.45) is 5.41 Å². The molecule has 0 spiro atoms. The normalized spacial score (nSPS) is 40.0. The zero-order chi connectivity index (χ0) is 10.3. The zero-order valence-corrected chi connectivity index (χ0v) is 7.60. The molecule has 0 aromatic heterocycles. The highest BCUT2D eigenvalue weighted by Gasteiger charge is 2.58. The average molecular weight is 200 g/mol. The Kier molecular flexibility index (Phi) is 1.99. The van der Waals surface area contributed by atoms with E-state index in [2.05, 4.69) is 0 Å². The third kappa shape index (κ3) is 1.19. The molecule has 3 unspecified atom stereocenters. The Morgan fingerprint density at radius 3 is 2.43 bits per heavy atom. The number of carboxylic acid groups (broad SMARTS) is 2. The van der Waals surface area contributed by atoms with Gasteiger partial charge in [-0.1, -0.05) is 0 Å². The van der Waals surface area contributed by atoms with E-state index in [1.807, 2.05) is 0 Å². The average Bonchev–Trinajstić information content (AvgIpc) is 2.61. The lowest BCUT2D eigenvalue weighted by molar-refractivity contribution is -0.159. The molecule has 0 saturated carbocycles. The van der Waals surface area contributed by atoms with Crippen LogP contribution in [0.25, 0.3) is 0 Å². The van der Waals surface area contributed by atoms with Gasteiger partial charge in [-0.15, -0.1) is 0 Å². The fourth-order valence-corrected chi connectivity index (χ4v) is 2.56. The molecule has 3 atom stereocenters. The lowest BCUT2D eigenvalue weighted by Gasteiger charge is -2.28. The largest absolute Gasteiger partial charge is 0.481 e.